The van der Waals surface area contributed by atoms with Gasteiger partial charge in [-0.15, -0.1) is 0 Å². The molecule has 0 spiro atoms. The van der Waals surface area contributed by atoms with Gasteiger partial charge in [0.05, 0.1) is 24.9 Å². The van der Waals surface area contributed by atoms with E-state index in [0.29, 0.717) is 25.7 Å². The van der Waals surface area contributed by atoms with Crippen LogP contribution in [0.15, 0.2) is 23.3 Å². The summed E-state index contributed by atoms with van der Waals surface area (Å²) in [7, 11) is 0. The Balaban J connectivity index is 1.40. The highest BCUT2D eigenvalue weighted by molar-refractivity contribution is 5.88. The van der Waals surface area contributed by atoms with E-state index in [1.54, 1.807) is 0 Å². The Morgan fingerprint density at radius 1 is 1.04 bits per heavy atom. The van der Waals surface area contributed by atoms with E-state index in [1.807, 2.05) is 19.9 Å². The number of fused-ring (bicyclic) bond motifs is 5. The molecule has 5 rings (SSSR count). The number of allylic oxidation sites excluding steroid dienone is 2. The summed E-state index contributed by atoms with van der Waals surface area (Å²) in [5.41, 5.74) is -0.335. The molecule has 0 radical (unpaired) electrons. The predicted octanol–water partition coefficient (Wildman–Crippen LogP) is 3.43. The van der Waals surface area contributed by atoms with Gasteiger partial charge in [0.1, 0.15) is 30.2 Å². The molecule has 256 valence electrons. The van der Waals surface area contributed by atoms with Crippen molar-refractivity contribution in [1.82, 2.24) is 0 Å². The van der Waals surface area contributed by atoms with E-state index in [1.165, 1.54) is 5.57 Å². The van der Waals surface area contributed by atoms with Crippen LogP contribution in [-0.2, 0) is 14.3 Å². The van der Waals surface area contributed by atoms with Crippen LogP contribution in [0, 0.1) is 39.4 Å². The lowest BCUT2D eigenvalue weighted by molar-refractivity contribution is -0.319. The third kappa shape index (κ3) is 5.32. The molecular weight excluding hydrogens is 576 g/mol. The highest BCUT2D eigenvalue weighted by Gasteiger charge is 2.71. The minimum Gasteiger partial charge on any atom is -0.394 e. The standard InChI is InChI=1S/C36H58O9/c1-20(18-37)9-8-15-35(6,43)24-14-16-33(4)25-12-10-21-22(36(25,7)26(39)17-34(24,33)5)11-13-27(32(21,2)3)45-31-30(42)29(41)28(40)23(19-38)44-31/h9-10,22-25,27-31,37-38,40-43H,8,11-19H2,1-7H3/b20-9-/t22-,23-,24+,25+,27+,28-,29+,30-,31+,33+,34-,35?,36+/m1/s1. The number of hydrogen-bond acceptors (Lipinski definition) is 9. The third-order valence-corrected chi connectivity index (χ3v) is 13.9. The fourth-order valence-corrected chi connectivity index (χ4v) is 10.8. The van der Waals surface area contributed by atoms with Gasteiger partial charge in [-0.3, -0.25) is 4.79 Å². The smallest absolute Gasteiger partial charge is 0.187 e. The van der Waals surface area contributed by atoms with E-state index in [-0.39, 0.29) is 47.1 Å². The maximum Gasteiger partial charge on any atom is 0.187 e. The van der Waals surface area contributed by atoms with Crippen molar-refractivity contribution < 1.29 is 44.9 Å². The maximum atomic E-state index is 14.6. The van der Waals surface area contributed by atoms with Gasteiger partial charge in [0.2, 0.25) is 0 Å². The zero-order valence-electron chi connectivity index (χ0n) is 28.3. The Bertz CT molecular complexity index is 1190. The molecule has 0 aromatic carbocycles. The Hall–Kier alpha value is -1.17. The summed E-state index contributed by atoms with van der Waals surface area (Å²) in [4.78, 5) is 14.6. The zero-order chi connectivity index (χ0) is 33.3. The molecule has 9 heteroatoms. The van der Waals surface area contributed by atoms with Crippen molar-refractivity contribution >= 4 is 5.78 Å². The summed E-state index contributed by atoms with van der Waals surface area (Å²) in [5.74, 6) is 0.462. The normalized spacial score (nSPS) is 47.8. The number of carbonyl (C=O) groups excluding carboxylic acids is 1. The van der Waals surface area contributed by atoms with Crippen LogP contribution in [0.1, 0.15) is 99.8 Å². The second kappa shape index (κ2) is 12.1. The van der Waals surface area contributed by atoms with Crippen LogP contribution in [0.5, 0.6) is 0 Å². The number of carbonyl (C=O) groups is 1. The molecule has 1 heterocycles. The zero-order valence-corrected chi connectivity index (χ0v) is 28.3. The average Bonchev–Trinajstić information content (AvgIpc) is 3.25. The first-order valence-electron chi connectivity index (χ1n) is 17.1. The van der Waals surface area contributed by atoms with Crippen molar-refractivity contribution in [3.63, 3.8) is 0 Å². The lowest BCUT2D eigenvalue weighted by Crippen LogP contribution is -2.64. The van der Waals surface area contributed by atoms with Gasteiger partial charge in [-0.2, -0.15) is 0 Å². The summed E-state index contributed by atoms with van der Waals surface area (Å²) >= 11 is 0. The SMILES string of the molecule is C/C(=C/CCC(C)(O)[C@H]1CC[C@@]2(C)[C@@H]3CC=C4[C@@H](CC[C@H](O[C@@H]5O[C@H](CO)[C@@H](O)[C@H](O)[C@H]5O)C4(C)C)[C@]3(C)C(=O)C[C@]12C)CO. The van der Waals surface area contributed by atoms with Gasteiger partial charge in [-0.05, 0) is 87.4 Å². The number of hydrogen-bond donors (Lipinski definition) is 6. The van der Waals surface area contributed by atoms with E-state index in [4.69, 9.17) is 9.47 Å². The predicted molar refractivity (Wildman–Crippen MR) is 169 cm³/mol. The molecule has 1 saturated heterocycles. The van der Waals surface area contributed by atoms with E-state index in [2.05, 4.69) is 40.7 Å². The molecule has 4 aliphatic carbocycles. The molecule has 0 amide bonds. The summed E-state index contributed by atoms with van der Waals surface area (Å²) in [6.45, 7) is 14.4. The van der Waals surface area contributed by atoms with Crippen molar-refractivity contribution in [3.8, 4) is 0 Å². The maximum absolute atomic E-state index is 14.6. The molecule has 4 fully saturated rings. The van der Waals surface area contributed by atoms with Gasteiger partial charge in [-0.25, -0.2) is 0 Å². The average molecular weight is 635 g/mol. The molecule has 1 aliphatic heterocycles. The highest BCUT2D eigenvalue weighted by atomic mass is 16.7. The molecule has 5 aliphatic rings. The second-order valence-electron chi connectivity index (χ2n) is 16.5. The van der Waals surface area contributed by atoms with Crippen molar-refractivity contribution in [2.24, 2.45) is 39.4 Å². The fraction of sp³-hybridized carbons (Fsp3) is 0.861. The Kier molecular flexibility index (Phi) is 9.42. The van der Waals surface area contributed by atoms with Crippen LogP contribution < -0.4 is 0 Å². The van der Waals surface area contributed by atoms with Gasteiger partial charge in [0, 0.05) is 17.3 Å². The molecule has 45 heavy (non-hydrogen) atoms. The van der Waals surface area contributed by atoms with Crippen LogP contribution >= 0.6 is 0 Å². The van der Waals surface area contributed by atoms with Crippen molar-refractivity contribution in [2.45, 2.75) is 142 Å². The summed E-state index contributed by atoms with van der Waals surface area (Å²) < 4.78 is 12.0. The van der Waals surface area contributed by atoms with Crippen LogP contribution in [0.25, 0.3) is 0 Å². The number of ketones is 1. The fourth-order valence-electron chi connectivity index (χ4n) is 10.8. The number of Topliss-reactive ketones (excluding diaryl/α,β-unsaturated/α-hetero) is 1. The molecule has 3 saturated carbocycles. The Morgan fingerprint density at radius 3 is 2.38 bits per heavy atom. The van der Waals surface area contributed by atoms with Gasteiger partial charge in [-0.1, -0.05) is 57.9 Å². The molecule has 0 bridgehead atoms. The summed E-state index contributed by atoms with van der Waals surface area (Å²) in [6.07, 6.45) is 3.03. The van der Waals surface area contributed by atoms with E-state index >= 15 is 0 Å². The molecular formula is C36H58O9. The molecule has 0 aromatic heterocycles. The molecule has 0 aromatic rings. The lowest BCUT2D eigenvalue weighted by atomic mass is 9.38. The quantitative estimate of drug-likeness (QED) is 0.220. The largest absolute Gasteiger partial charge is 0.394 e. The van der Waals surface area contributed by atoms with Crippen LogP contribution in [0.4, 0.5) is 0 Å². The first kappa shape index (κ1) is 35.1. The van der Waals surface area contributed by atoms with Gasteiger partial charge < -0.3 is 40.1 Å². The van der Waals surface area contributed by atoms with E-state index in [9.17, 15) is 35.4 Å². The van der Waals surface area contributed by atoms with Crippen molar-refractivity contribution in [1.29, 1.82) is 0 Å². The number of aliphatic hydroxyl groups is 6. The Morgan fingerprint density at radius 2 is 1.73 bits per heavy atom. The van der Waals surface area contributed by atoms with Gasteiger partial charge in [0.25, 0.3) is 0 Å². The summed E-state index contributed by atoms with van der Waals surface area (Å²) in [6, 6.07) is 0. The van der Waals surface area contributed by atoms with Crippen LogP contribution in [-0.4, -0.2) is 92.0 Å². The number of ether oxygens (including phenoxy) is 2. The van der Waals surface area contributed by atoms with Crippen LogP contribution in [0.2, 0.25) is 0 Å². The lowest BCUT2D eigenvalue weighted by Gasteiger charge is -2.65. The molecule has 6 N–H and O–H groups in total. The van der Waals surface area contributed by atoms with Gasteiger partial charge in [0.15, 0.2) is 6.29 Å². The molecule has 9 nitrogen and oxygen atoms in total. The highest BCUT2D eigenvalue weighted by Crippen LogP contribution is 2.74. The minimum atomic E-state index is -1.50. The Labute approximate surface area is 268 Å². The second-order valence-corrected chi connectivity index (χ2v) is 16.5. The van der Waals surface area contributed by atoms with Crippen molar-refractivity contribution in [3.05, 3.63) is 23.3 Å². The number of rotatable bonds is 8. The third-order valence-electron chi connectivity index (χ3n) is 13.9. The molecule has 1 unspecified atom stereocenters. The minimum absolute atomic E-state index is 0.00387. The monoisotopic (exact) mass is 634 g/mol. The van der Waals surface area contributed by atoms with Crippen LogP contribution in [0.3, 0.4) is 0 Å². The first-order valence-corrected chi connectivity index (χ1v) is 17.1. The first-order chi connectivity index (χ1) is 20.9. The molecule has 13 atom stereocenters. The summed E-state index contributed by atoms with van der Waals surface area (Å²) in [5, 5.41) is 62.1. The van der Waals surface area contributed by atoms with E-state index < -0.39 is 53.7 Å². The number of aliphatic hydroxyl groups excluding tert-OH is 5. The topological polar surface area (TPSA) is 157 Å². The van der Waals surface area contributed by atoms with Crippen molar-refractivity contribution in [2.75, 3.05) is 13.2 Å². The van der Waals surface area contributed by atoms with E-state index in [0.717, 1.165) is 31.3 Å². The van der Waals surface area contributed by atoms with Gasteiger partial charge >= 0.3 is 0 Å².